The second kappa shape index (κ2) is 10.2. The summed E-state index contributed by atoms with van der Waals surface area (Å²) in [6.07, 6.45) is 1.38. The third-order valence-corrected chi connectivity index (χ3v) is 5.35. The van der Waals surface area contributed by atoms with Crippen molar-refractivity contribution in [2.75, 3.05) is 12.3 Å². The van der Waals surface area contributed by atoms with Crippen LogP contribution in [0, 0.1) is 0 Å². The van der Waals surface area contributed by atoms with Crippen molar-refractivity contribution in [3.8, 4) is 5.69 Å². The molecule has 29 heavy (non-hydrogen) atoms. The molecule has 0 radical (unpaired) electrons. The standard InChI is InChI=1S/C21H21ClN4O2S/c1-15(27)23-13-5-8-20-24-25-21(26(20)18-11-9-17(22)10-12-18)29-14-19(28)16-6-3-2-4-7-16/h2-4,6-7,9-12H,5,8,13-14H2,1H3,(H,23,27). The third-order valence-electron chi connectivity index (χ3n) is 4.16. The normalized spacial score (nSPS) is 10.7. The summed E-state index contributed by atoms with van der Waals surface area (Å²) in [5.41, 5.74) is 1.55. The van der Waals surface area contributed by atoms with Crippen molar-refractivity contribution < 1.29 is 9.59 Å². The van der Waals surface area contributed by atoms with Gasteiger partial charge in [-0.2, -0.15) is 0 Å². The van der Waals surface area contributed by atoms with Crippen molar-refractivity contribution in [3.05, 3.63) is 71.0 Å². The Labute approximate surface area is 178 Å². The number of hydrogen-bond donors (Lipinski definition) is 1. The minimum absolute atomic E-state index is 0.0356. The molecule has 2 aromatic carbocycles. The van der Waals surface area contributed by atoms with Gasteiger partial charge in [0.15, 0.2) is 10.9 Å². The summed E-state index contributed by atoms with van der Waals surface area (Å²) in [4.78, 5) is 23.5. The maximum atomic E-state index is 12.5. The summed E-state index contributed by atoms with van der Waals surface area (Å²) in [6, 6.07) is 16.6. The van der Waals surface area contributed by atoms with Gasteiger partial charge in [0.2, 0.25) is 5.91 Å². The molecule has 0 saturated heterocycles. The number of rotatable bonds is 9. The molecule has 0 unspecified atom stereocenters. The van der Waals surface area contributed by atoms with Gasteiger partial charge in [-0.25, -0.2) is 0 Å². The summed E-state index contributed by atoms with van der Waals surface area (Å²) in [5, 5.41) is 12.7. The number of aryl methyl sites for hydroxylation is 1. The lowest BCUT2D eigenvalue weighted by molar-refractivity contribution is -0.118. The van der Waals surface area contributed by atoms with E-state index >= 15 is 0 Å². The molecular formula is C21H21ClN4O2S. The van der Waals surface area contributed by atoms with Crippen molar-refractivity contribution >= 4 is 35.1 Å². The Hall–Kier alpha value is -2.64. The molecule has 1 amide bonds. The number of benzene rings is 2. The van der Waals surface area contributed by atoms with E-state index in [0.717, 1.165) is 17.9 Å². The number of amides is 1. The molecule has 3 aromatic rings. The predicted octanol–water partition coefficient (Wildman–Crippen LogP) is 3.96. The SMILES string of the molecule is CC(=O)NCCCc1nnc(SCC(=O)c2ccccc2)n1-c1ccc(Cl)cc1. The van der Waals surface area contributed by atoms with Crippen molar-refractivity contribution in [1.82, 2.24) is 20.1 Å². The molecular weight excluding hydrogens is 408 g/mol. The second-order valence-corrected chi connectivity index (χ2v) is 7.75. The fraction of sp³-hybridized carbons (Fsp3) is 0.238. The van der Waals surface area contributed by atoms with E-state index < -0.39 is 0 Å². The van der Waals surface area contributed by atoms with E-state index in [1.54, 1.807) is 12.1 Å². The van der Waals surface area contributed by atoms with Gasteiger partial charge in [0.25, 0.3) is 0 Å². The van der Waals surface area contributed by atoms with Crippen LogP contribution in [0.3, 0.4) is 0 Å². The van der Waals surface area contributed by atoms with Gasteiger partial charge in [0, 0.05) is 36.2 Å². The number of aromatic nitrogens is 3. The highest BCUT2D eigenvalue weighted by atomic mass is 35.5. The van der Waals surface area contributed by atoms with E-state index in [4.69, 9.17) is 11.6 Å². The summed E-state index contributed by atoms with van der Waals surface area (Å²) in [5.74, 6) is 1.02. The number of hydrogen-bond acceptors (Lipinski definition) is 5. The predicted molar refractivity (Wildman–Crippen MR) is 115 cm³/mol. The van der Waals surface area contributed by atoms with Gasteiger partial charge in [-0.1, -0.05) is 53.7 Å². The van der Waals surface area contributed by atoms with Crippen molar-refractivity contribution in [2.24, 2.45) is 0 Å². The average Bonchev–Trinajstić information content (AvgIpc) is 3.13. The monoisotopic (exact) mass is 428 g/mol. The summed E-state index contributed by atoms with van der Waals surface area (Å²) >= 11 is 7.38. The maximum absolute atomic E-state index is 12.5. The molecule has 0 fully saturated rings. The van der Waals surface area contributed by atoms with Gasteiger partial charge in [-0.15, -0.1) is 10.2 Å². The smallest absolute Gasteiger partial charge is 0.216 e. The van der Waals surface area contributed by atoms with Crippen LogP contribution in [0.5, 0.6) is 0 Å². The lowest BCUT2D eigenvalue weighted by Gasteiger charge is -2.10. The van der Waals surface area contributed by atoms with Crippen LogP contribution in [0.1, 0.15) is 29.5 Å². The number of Topliss-reactive ketones (excluding diaryl/α,β-unsaturated/α-hetero) is 1. The van der Waals surface area contributed by atoms with Gasteiger partial charge >= 0.3 is 0 Å². The Bertz CT molecular complexity index is 974. The minimum Gasteiger partial charge on any atom is -0.356 e. The van der Waals surface area contributed by atoms with Gasteiger partial charge < -0.3 is 5.32 Å². The fourth-order valence-electron chi connectivity index (χ4n) is 2.75. The van der Waals surface area contributed by atoms with Crippen molar-refractivity contribution in [2.45, 2.75) is 24.9 Å². The highest BCUT2D eigenvalue weighted by Gasteiger charge is 2.16. The van der Waals surface area contributed by atoms with Crippen LogP contribution in [0.25, 0.3) is 5.69 Å². The number of ketones is 1. The quantitative estimate of drug-likeness (QED) is 0.317. The van der Waals surface area contributed by atoms with Crippen LogP contribution < -0.4 is 5.32 Å². The zero-order valence-electron chi connectivity index (χ0n) is 16.0. The topological polar surface area (TPSA) is 76.9 Å². The summed E-state index contributed by atoms with van der Waals surface area (Å²) in [6.45, 7) is 2.06. The van der Waals surface area contributed by atoms with Crippen LogP contribution in [-0.2, 0) is 11.2 Å². The summed E-state index contributed by atoms with van der Waals surface area (Å²) < 4.78 is 1.94. The Balaban J connectivity index is 1.77. The number of carbonyl (C=O) groups excluding carboxylic acids is 2. The van der Waals surface area contributed by atoms with E-state index in [0.29, 0.717) is 28.7 Å². The molecule has 0 spiro atoms. The third kappa shape index (κ3) is 5.92. The van der Waals surface area contributed by atoms with Crippen molar-refractivity contribution in [1.29, 1.82) is 0 Å². The van der Waals surface area contributed by atoms with Gasteiger partial charge in [-0.05, 0) is 30.7 Å². The van der Waals surface area contributed by atoms with Crippen LogP contribution in [0.2, 0.25) is 5.02 Å². The molecule has 0 aliphatic carbocycles. The first kappa shape index (κ1) is 21.1. The van der Waals surface area contributed by atoms with E-state index in [1.165, 1.54) is 18.7 Å². The first-order valence-corrected chi connectivity index (χ1v) is 10.6. The number of halogens is 1. The molecule has 0 aliphatic rings. The van der Waals surface area contributed by atoms with Crippen molar-refractivity contribution in [3.63, 3.8) is 0 Å². The lowest BCUT2D eigenvalue weighted by Crippen LogP contribution is -2.21. The van der Waals surface area contributed by atoms with Gasteiger partial charge in [0.05, 0.1) is 5.75 Å². The Kier molecular flexibility index (Phi) is 7.43. The van der Waals surface area contributed by atoms with E-state index in [2.05, 4.69) is 15.5 Å². The molecule has 3 rings (SSSR count). The molecule has 0 atom stereocenters. The van der Waals surface area contributed by atoms with Gasteiger partial charge in [-0.3, -0.25) is 14.2 Å². The summed E-state index contributed by atoms with van der Waals surface area (Å²) in [7, 11) is 0. The van der Waals surface area contributed by atoms with E-state index in [9.17, 15) is 9.59 Å². The lowest BCUT2D eigenvalue weighted by atomic mass is 10.2. The van der Waals surface area contributed by atoms with E-state index in [1.807, 2.05) is 47.0 Å². The number of nitrogens with one attached hydrogen (secondary N) is 1. The molecule has 150 valence electrons. The molecule has 0 bridgehead atoms. The van der Waals surface area contributed by atoms with Crippen LogP contribution in [0.15, 0.2) is 59.8 Å². The number of nitrogens with zero attached hydrogens (tertiary/aromatic N) is 3. The average molecular weight is 429 g/mol. The Morgan fingerprint density at radius 1 is 1.07 bits per heavy atom. The molecule has 6 nitrogen and oxygen atoms in total. The first-order valence-electron chi connectivity index (χ1n) is 9.20. The Morgan fingerprint density at radius 3 is 2.48 bits per heavy atom. The van der Waals surface area contributed by atoms with E-state index in [-0.39, 0.29) is 17.4 Å². The zero-order chi connectivity index (χ0) is 20.6. The molecule has 0 aliphatic heterocycles. The zero-order valence-corrected chi connectivity index (χ0v) is 17.5. The first-order chi connectivity index (χ1) is 14.0. The van der Waals surface area contributed by atoms with Crippen LogP contribution in [-0.4, -0.2) is 38.8 Å². The number of carbonyl (C=O) groups is 2. The van der Waals surface area contributed by atoms with Crippen LogP contribution in [0.4, 0.5) is 0 Å². The highest BCUT2D eigenvalue weighted by molar-refractivity contribution is 7.99. The fourth-order valence-corrected chi connectivity index (χ4v) is 3.74. The maximum Gasteiger partial charge on any atom is 0.216 e. The number of thioether (sulfide) groups is 1. The molecule has 1 heterocycles. The second-order valence-electron chi connectivity index (χ2n) is 6.38. The highest BCUT2D eigenvalue weighted by Crippen LogP contribution is 2.24. The van der Waals surface area contributed by atoms with Gasteiger partial charge in [0.1, 0.15) is 5.82 Å². The molecule has 1 aromatic heterocycles. The van der Waals surface area contributed by atoms with Crippen LogP contribution >= 0.6 is 23.4 Å². The minimum atomic E-state index is -0.0557. The Morgan fingerprint density at radius 2 is 1.79 bits per heavy atom. The molecule has 0 saturated carbocycles. The largest absolute Gasteiger partial charge is 0.356 e. The molecule has 1 N–H and O–H groups in total. The molecule has 8 heteroatoms.